The molecule has 2 aromatic rings. The fourth-order valence-electron chi connectivity index (χ4n) is 1.72. The largest absolute Gasteiger partial charge is 0.310 e. The lowest BCUT2D eigenvalue weighted by Gasteiger charge is -2.05. The van der Waals surface area contributed by atoms with Crippen LogP contribution in [-0.4, -0.2) is 14.8 Å². The summed E-state index contributed by atoms with van der Waals surface area (Å²) in [6, 6.07) is 3.69. The molecule has 0 atom stereocenters. The van der Waals surface area contributed by atoms with Gasteiger partial charge in [-0.05, 0) is 31.0 Å². The van der Waals surface area contributed by atoms with Gasteiger partial charge in [0.25, 0.3) is 0 Å². The first kappa shape index (κ1) is 9.45. The van der Waals surface area contributed by atoms with E-state index in [1.807, 2.05) is 0 Å². The third-order valence-electron chi connectivity index (χ3n) is 2.68. The molecule has 0 saturated heterocycles. The first-order chi connectivity index (χ1) is 7.75. The Labute approximate surface area is 90.7 Å². The summed E-state index contributed by atoms with van der Waals surface area (Å²) in [4.78, 5) is 0. The molecule has 82 valence electrons. The predicted molar refractivity (Wildman–Crippen MR) is 53.6 cm³/mol. The highest BCUT2D eigenvalue weighted by Gasteiger charge is 2.27. The standard InChI is InChI=1S/C11H9F2N3/c12-7-1-4-10(13)9(5-7)11-15-14-6-16(11)8-2-3-8/h1,4-6,8H,2-3H2. The van der Waals surface area contributed by atoms with E-state index in [9.17, 15) is 8.78 Å². The molecular weight excluding hydrogens is 212 g/mol. The molecule has 1 fully saturated rings. The lowest BCUT2D eigenvalue weighted by molar-refractivity contribution is 0.600. The average molecular weight is 221 g/mol. The van der Waals surface area contributed by atoms with Crippen molar-refractivity contribution in [1.29, 1.82) is 0 Å². The summed E-state index contributed by atoms with van der Waals surface area (Å²) in [7, 11) is 0. The van der Waals surface area contributed by atoms with E-state index in [-0.39, 0.29) is 5.56 Å². The van der Waals surface area contributed by atoms with Gasteiger partial charge in [-0.15, -0.1) is 10.2 Å². The van der Waals surface area contributed by atoms with Crippen LogP contribution in [0.1, 0.15) is 18.9 Å². The van der Waals surface area contributed by atoms with Crippen LogP contribution < -0.4 is 0 Å². The van der Waals surface area contributed by atoms with Gasteiger partial charge >= 0.3 is 0 Å². The van der Waals surface area contributed by atoms with Crippen molar-refractivity contribution in [3.05, 3.63) is 36.2 Å². The zero-order valence-corrected chi connectivity index (χ0v) is 8.40. The second-order valence-electron chi connectivity index (χ2n) is 3.92. The van der Waals surface area contributed by atoms with Gasteiger partial charge in [0.1, 0.15) is 18.0 Å². The fraction of sp³-hybridized carbons (Fsp3) is 0.273. The minimum Gasteiger partial charge on any atom is -0.310 e. The van der Waals surface area contributed by atoms with E-state index >= 15 is 0 Å². The summed E-state index contributed by atoms with van der Waals surface area (Å²) in [5.74, 6) is -0.544. The van der Waals surface area contributed by atoms with Crippen molar-refractivity contribution in [2.75, 3.05) is 0 Å². The smallest absolute Gasteiger partial charge is 0.167 e. The van der Waals surface area contributed by atoms with Crippen LogP contribution in [0, 0.1) is 11.6 Å². The molecule has 0 radical (unpaired) electrons. The van der Waals surface area contributed by atoms with E-state index in [4.69, 9.17) is 0 Å². The van der Waals surface area contributed by atoms with Crippen molar-refractivity contribution in [3.63, 3.8) is 0 Å². The van der Waals surface area contributed by atoms with Crippen molar-refractivity contribution in [1.82, 2.24) is 14.8 Å². The third-order valence-corrected chi connectivity index (χ3v) is 2.68. The predicted octanol–water partition coefficient (Wildman–Crippen LogP) is 2.56. The Morgan fingerprint density at radius 3 is 2.81 bits per heavy atom. The molecule has 1 aromatic carbocycles. The monoisotopic (exact) mass is 221 g/mol. The van der Waals surface area contributed by atoms with Crippen molar-refractivity contribution in [2.45, 2.75) is 18.9 Å². The van der Waals surface area contributed by atoms with Crippen molar-refractivity contribution < 1.29 is 8.78 Å². The maximum atomic E-state index is 13.5. The van der Waals surface area contributed by atoms with Gasteiger partial charge in [-0.2, -0.15) is 0 Å². The number of hydrogen-bond acceptors (Lipinski definition) is 2. The Balaban J connectivity index is 2.13. The van der Waals surface area contributed by atoms with Gasteiger partial charge in [0.05, 0.1) is 5.56 Å². The molecular formula is C11H9F2N3. The normalized spacial score (nSPS) is 15.4. The van der Waals surface area contributed by atoms with Gasteiger partial charge in [0.15, 0.2) is 5.82 Å². The lowest BCUT2D eigenvalue weighted by Crippen LogP contribution is -1.98. The second kappa shape index (κ2) is 3.37. The van der Waals surface area contributed by atoms with Crippen LogP contribution in [0.3, 0.4) is 0 Å². The minimum atomic E-state index is -0.476. The number of hydrogen-bond donors (Lipinski definition) is 0. The summed E-state index contributed by atoms with van der Waals surface area (Å²) in [5, 5.41) is 7.61. The Morgan fingerprint density at radius 1 is 1.25 bits per heavy atom. The molecule has 0 unspecified atom stereocenters. The molecule has 0 bridgehead atoms. The molecule has 16 heavy (non-hydrogen) atoms. The Hall–Kier alpha value is -1.78. The van der Waals surface area contributed by atoms with Gasteiger partial charge in [-0.25, -0.2) is 8.78 Å². The molecule has 5 heteroatoms. The molecule has 3 nitrogen and oxygen atoms in total. The zero-order chi connectivity index (χ0) is 11.1. The van der Waals surface area contributed by atoms with Gasteiger partial charge in [-0.3, -0.25) is 0 Å². The van der Waals surface area contributed by atoms with Gasteiger partial charge in [0, 0.05) is 6.04 Å². The van der Waals surface area contributed by atoms with E-state index in [0.29, 0.717) is 11.9 Å². The van der Waals surface area contributed by atoms with E-state index in [2.05, 4.69) is 10.2 Å². The van der Waals surface area contributed by atoms with Crippen molar-refractivity contribution in [3.8, 4) is 11.4 Å². The summed E-state index contributed by atoms with van der Waals surface area (Å²) in [6.45, 7) is 0. The Morgan fingerprint density at radius 2 is 2.06 bits per heavy atom. The molecule has 1 saturated carbocycles. The van der Waals surface area contributed by atoms with E-state index in [1.165, 1.54) is 0 Å². The van der Waals surface area contributed by atoms with Crippen LogP contribution >= 0.6 is 0 Å². The molecule has 1 heterocycles. The summed E-state index contributed by atoms with van der Waals surface area (Å²) in [5.41, 5.74) is 0.171. The van der Waals surface area contributed by atoms with Crippen molar-refractivity contribution in [2.24, 2.45) is 0 Å². The van der Waals surface area contributed by atoms with Crippen LogP contribution in [0.15, 0.2) is 24.5 Å². The number of halogens is 2. The summed E-state index contributed by atoms with van der Waals surface area (Å²) < 4.78 is 28.4. The average Bonchev–Trinajstić information content (AvgIpc) is 3.01. The Kier molecular flexibility index (Phi) is 1.99. The maximum absolute atomic E-state index is 13.5. The van der Waals surface area contributed by atoms with Crippen LogP contribution in [0.25, 0.3) is 11.4 Å². The summed E-state index contributed by atoms with van der Waals surface area (Å²) in [6.07, 6.45) is 3.65. The minimum absolute atomic E-state index is 0.171. The van der Waals surface area contributed by atoms with Crippen LogP contribution in [0.5, 0.6) is 0 Å². The highest BCUT2D eigenvalue weighted by molar-refractivity contribution is 5.56. The molecule has 0 N–H and O–H groups in total. The molecule has 0 spiro atoms. The number of nitrogens with zero attached hydrogens (tertiary/aromatic N) is 3. The molecule has 3 rings (SSSR count). The van der Waals surface area contributed by atoms with E-state index < -0.39 is 11.6 Å². The van der Waals surface area contributed by atoms with Gasteiger partial charge in [-0.1, -0.05) is 0 Å². The Bertz CT molecular complexity index is 532. The van der Waals surface area contributed by atoms with Gasteiger partial charge < -0.3 is 4.57 Å². The maximum Gasteiger partial charge on any atom is 0.167 e. The van der Waals surface area contributed by atoms with Crippen LogP contribution in [-0.2, 0) is 0 Å². The van der Waals surface area contributed by atoms with Crippen LogP contribution in [0.2, 0.25) is 0 Å². The number of aromatic nitrogens is 3. The molecule has 0 amide bonds. The second-order valence-corrected chi connectivity index (χ2v) is 3.92. The molecule has 0 aliphatic heterocycles. The summed E-state index contributed by atoms with van der Waals surface area (Å²) >= 11 is 0. The zero-order valence-electron chi connectivity index (χ0n) is 8.40. The molecule has 1 aromatic heterocycles. The third kappa shape index (κ3) is 1.48. The first-order valence-corrected chi connectivity index (χ1v) is 5.10. The highest BCUT2D eigenvalue weighted by atomic mass is 19.1. The van der Waals surface area contributed by atoms with E-state index in [1.54, 1.807) is 10.9 Å². The highest BCUT2D eigenvalue weighted by Crippen LogP contribution is 2.37. The lowest BCUT2D eigenvalue weighted by atomic mass is 10.2. The molecule has 1 aliphatic rings. The number of rotatable bonds is 2. The van der Waals surface area contributed by atoms with E-state index in [0.717, 1.165) is 31.0 Å². The fourth-order valence-corrected chi connectivity index (χ4v) is 1.72. The van der Waals surface area contributed by atoms with Crippen molar-refractivity contribution >= 4 is 0 Å². The SMILES string of the molecule is Fc1ccc(F)c(-c2nncn2C2CC2)c1. The number of benzene rings is 1. The first-order valence-electron chi connectivity index (χ1n) is 5.10. The van der Waals surface area contributed by atoms with Crippen LogP contribution in [0.4, 0.5) is 8.78 Å². The quantitative estimate of drug-likeness (QED) is 0.780. The van der Waals surface area contributed by atoms with Gasteiger partial charge in [0.2, 0.25) is 0 Å². The topological polar surface area (TPSA) is 30.7 Å². The molecule has 1 aliphatic carbocycles.